The molecular weight excluding hydrogens is 522 g/mol. The summed E-state index contributed by atoms with van der Waals surface area (Å²) >= 11 is -0.783. The summed E-state index contributed by atoms with van der Waals surface area (Å²) in [6.07, 6.45) is 20.2. The van der Waals surface area contributed by atoms with E-state index in [0.29, 0.717) is 21.7 Å². The van der Waals surface area contributed by atoms with Crippen LogP contribution in [0, 0.1) is 21.7 Å². The van der Waals surface area contributed by atoms with Gasteiger partial charge >= 0.3 is 208 Å². The van der Waals surface area contributed by atoms with Gasteiger partial charge in [-0.05, 0) is 0 Å². The third kappa shape index (κ3) is 6.41. The van der Waals surface area contributed by atoms with Crippen LogP contribution in [0.15, 0.2) is 42.0 Å². The van der Waals surface area contributed by atoms with Gasteiger partial charge in [0.15, 0.2) is 0 Å². The molecule has 0 saturated carbocycles. The molecule has 0 aromatic carbocycles. The van der Waals surface area contributed by atoms with Crippen molar-refractivity contribution in [3.63, 3.8) is 0 Å². The van der Waals surface area contributed by atoms with Crippen molar-refractivity contribution in [1.29, 1.82) is 0 Å². The molecule has 0 aromatic heterocycles. The van der Waals surface area contributed by atoms with Crippen LogP contribution in [-0.4, -0.2) is 0 Å². The number of hydrogen-bond donors (Lipinski definition) is 0. The summed E-state index contributed by atoms with van der Waals surface area (Å²) in [6.45, 7) is 24.5. The quantitative estimate of drug-likeness (QED) is 0.372. The van der Waals surface area contributed by atoms with Crippen molar-refractivity contribution in [2.75, 3.05) is 0 Å². The van der Waals surface area contributed by atoms with E-state index < -0.39 is 23.2 Å². The van der Waals surface area contributed by atoms with Crippen molar-refractivity contribution in [2.45, 2.75) is 121 Å². The second kappa shape index (κ2) is 13.1. The average Bonchev–Trinajstić information content (AvgIpc) is 3.32. The van der Waals surface area contributed by atoms with Gasteiger partial charge in [0.2, 0.25) is 0 Å². The van der Waals surface area contributed by atoms with E-state index in [2.05, 4.69) is 93.5 Å². The van der Waals surface area contributed by atoms with Crippen LogP contribution < -0.4 is 24.8 Å². The van der Waals surface area contributed by atoms with E-state index >= 15 is 0 Å². The maximum absolute atomic E-state index is 2.55. The Bertz CT molecular complexity index is 693. The Labute approximate surface area is 231 Å². The van der Waals surface area contributed by atoms with Gasteiger partial charge in [-0.25, -0.2) is 0 Å². The fraction of sp³-hybridized carbons (Fsp3) is 0.733. The van der Waals surface area contributed by atoms with Crippen molar-refractivity contribution < 1.29 is 48.0 Å². The predicted molar refractivity (Wildman–Crippen MR) is 136 cm³/mol. The Morgan fingerprint density at radius 2 is 0.970 bits per heavy atom. The van der Waals surface area contributed by atoms with E-state index in [1.165, 1.54) is 51.4 Å². The Hall–Kier alpha value is 0.423. The molecule has 0 amide bonds. The van der Waals surface area contributed by atoms with Crippen LogP contribution >= 0.6 is 0 Å². The zero-order valence-electron chi connectivity index (χ0n) is 23.2. The maximum Gasteiger partial charge on any atom is -1.00 e. The third-order valence-electron chi connectivity index (χ3n) is 8.63. The van der Waals surface area contributed by atoms with Gasteiger partial charge in [-0.3, -0.25) is 0 Å². The van der Waals surface area contributed by atoms with Gasteiger partial charge in [0.05, 0.1) is 0 Å². The molecule has 0 spiro atoms. The van der Waals surface area contributed by atoms with Gasteiger partial charge in [0, 0.05) is 0 Å². The molecule has 0 radical (unpaired) electrons. The molecule has 0 nitrogen and oxygen atoms in total. The summed E-state index contributed by atoms with van der Waals surface area (Å²) < 4.78 is 3.75. The van der Waals surface area contributed by atoms with Crippen molar-refractivity contribution in [2.24, 2.45) is 21.7 Å². The molecule has 0 saturated heterocycles. The van der Waals surface area contributed by atoms with E-state index in [4.69, 9.17) is 0 Å². The van der Waals surface area contributed by atoms with Crippen molar-refractivity contribution in [1.82, 2.24) is 0 Å². The fourth-order valence-electron chi connectivity index (χ4n) is 6.80. The van der Waals surface area contributed by atoms with Crippen LogP contribution in [0.25, 0.3) is 0 Å². The summed E-state index contributed by atoms with van der Waals surface area (Å²) in [5, 5.41) is 0. The van der Waals surface area contributed by atoms with Crippen molar-refractivity contribution in [3.05, 3.63) is 42.0 Å². The summed E-state index contributed by atoms with van der Waals surface area (Å²) in [5.74, 6) is 0. The van der Waals surface area contributed by atoms with Crippen LogP contribution in [0.5, 0.6) is 0 Å². The summed E-state index contributed by atoms with van der Waals surface area (Å²) in [4.78, 5) is 0. The van der Waals surface area contributed by atoms with Crippen LogP contribution in [0.1, 0.15) is 121 Å². The number of allylic oxidation sites excluding steroid dienone is 8. The normalized spacial score (nSPS) is 19.7. The molecule has 0 aliphatic heterocycles. The topological polar surface area (TPSA) is 0 Å². The molecule has 33 heavy (non-hydrogen) atoms. The Morgan fingerprint density at radius 1 is 0.636 bits per heavy atom. The first-order valence-corrected chi connectivity index (χ1v) is 15.5. The first-order chi connectivity index (χ1) is 14.4. The second-order valence-corrected chi connectivity index (χ2v) is 15.6. The van der Waals surface area contributed by atoms with Gasteiger partial charge < -0.3 is 24.8 Å². The molecule has 2 unspecified atom stereocenters. The summed E-state index contributed by atoms with van der Waals surface area (Å²) in [7, 11) is 0. The summed E-state index contributed by atoms with van der Waals surface area (Å²) in [5.41, 5.74) is 4.77. The molecule has 2 atom stereocenters. The van der Waals surface area contributed by atoms with Gasteiger partial charge in [0.25, 0.3) is 0 Å². The molecule has 0 aromatic rings. The molecule has 0 N–H and O–H groups in total. The van der Waals surface area contributed by atoms with Crippen LogP contribution in [0.3, 0.4) is 0 Å². The monoisotopic (exact) mass is 570 g/mol. The van der Waals surface area contributed by atoms with E-state index in [-0.39, 0.29) is 24.8 Å². The van der Waals surface area contributed by atoms with E-state index in [0.717, 1.165) is 0 Å². The fourth-order valence-corrected chi connectivity index (χ4v) is 11.0. The van der Waals surface area contributed by atoms with Crippen LogP contribution in [0.4, 0.5) is 0 Å². The standard InChI is InChI=1S/2C15H25.2ClH.Zr/c2*1-6-12-15(7-2,14(3,4)5)13-10-8-9-11-13;;;/h2*8,10H,6-7,9,12H2,1-5H3;2*1H;/q;;;;+2/p-2. The zero-order valence-corrected chi connectivity index (χ0v) is 27.2. The largest absolute Gasteiger partial charge is 1.00 e. The van der Waals surface area contributed by atoms with Gasteiger partial charge in [0.1, 0.15) is 0 Å². The first-order valence-electron chi connectivity index (χ1n) is 13.0. The third-order valence-corrected chi connectivity index (χ3v) is 12.4. The van der Waals surface area contributed by atoms with Crippen LogP contribution in [0.2, 0.25) is 0 Å². The molecule has 0 fully saturated rings. The molecule has 2 aliphatic carbocycles. The predicted octanol–water partition coefficient (Wildman–Crippen LogP) is 3.99. The smallest absolute Gasteiger partial charge is 1.00 e. The number of halogens is 2. The maximum atomic E-state index is 2.55. The van der Waals surface area contributed by atoms with E-state index in [1.807, 2.05) is 6.56 Å². The molecule has 188 valence electrons. The van der Waals surface area contributed by atoms with Gasteiger partial charge in [-0.1, -0.05) is 0 Å². The van der Waals surface area contributed by atoms with E-state index in [9.17, 15) is 0 Å². The molecule has 0 bridgehead atoms. The first kappa shape index (κ1) is 33.4. The summed E-state index contributed by atoms with van der Waals surface area (Å²) in [6, 6.07) is 0. The van der Waals surface area contributed by atoms with Gasteiger partial charge in [-0.15, -0.1) is 0 Å². The van der Waals surface area contributed by atoms with Crippen LogP contribution in [-0.2, 0) is 23.2 Å². The molecular formula is C30H50Cl2Zr. The van der Waals surface area contributed by atoms with Crippen molar-refractivity contribution in [3.8, 4) is 0 Å². The Morgan fingerprint density at radius 3 is 1.21 bits per heavy atom. The average molecular weight is 573 g/mol. The van der Waals surface area contributed by atoms with Gasteiger partial charge in [-0.2, -0.15) is 0 Å². The molecule has 0 heterocycles. The second-order valence-electron chi connectivity index (χ2n) is 12.0. The molecule has 2 aliphatic rings. The SMILES string of the molecule is CCCC(CC)(C1=[C]([Zr+2][C]2=C(C(CC)(CCC)C(C)(C)C)C=CC2)CC=C1)C(C)(C)C.[Cl-].[Cl-]. The molecule has 3 heteroatoms. The number of hydrogen-bond acceptors (Lipinski definition) is 0. The molecule has 2 rings (SSSR count). The minimum absolute atomic E-state index is 0. The van der Waals surface area contributed by atoms with E-state index in [1.54, 1.807) is 11.1 Å². The Balaban J connectivity index is 0.00000512. The Kier molecular flexibility index (Phi) is 13.3. The minimum atomic E-state index is -0.783. The minimum Gasteiger partial charge on any atom is -1.00 e. The zero-order chi connectivity index (χ0) is 23.5. The number of rotatable bonds is 10. The van der Waals surface area contributed by atoms with Crippen molar-refractivity contribution >= 4 is 0 Å².